The molecule has 27 heavy (non-hydrogen) atoms. The van der Waals surface area contributed by atoms with Crippen molar-refractivity contribution in [1.82, 2.24) is 9.78 Å². The number of anilines is 1. The molecule has 2 heterocycles. The molecular formula is C18H20F3N3O3. The van der Waals surface area contributed by atoms with Crippen LogP contribution in [0.2, 0.25) is 0 Å². The Morgan fingerprint density at radius 3 is 2.74 bits per heavy atom. The fourth-order valence-corrected chi connectivity index (χ4v) is 2.89. The molecule has 1 aromatic carbocycles. The van der Waals surface area contributed by atoms with E-state index in [9.17, 15) is 13.2 Å². The van der Waals surface area contributed by atoms with Gasteiger partial charge in [-0.05, 0) is 12.1 Å². The van der Waals surface area contributed by atoms with Gasteiger partial charge < -0.3 is 19.5 Å². The highest BCUT2D eigenvalue weighted by Crippen LogP contribution is 2.39. The van der Waals surface area contributed by atoms with Crippen molar-refractivity contribution in [2.45, 2.75) is 18.8 Å². The minimum Gasteiger partial charge on any atom is -0.494 e. The van der Waals surface area contributed by atoms with Crippen molar-refractivity contribution < 1.29 is 27.8 Å². The van der Waals surface area contributed by atoms with Crippen LogP contribution in [0.4, 0.5) is 18.9 Å². The van der Waals surface area contributed by atoms with Crippen LogP contribution in [0.5, 0.6) is 5.75 Å². The SMILES string of the molecule is COc1cc2nn(CCOCCO)cc2cc1N1C=CC=CC1C(F)(F)F. The molecule has 3 rings (SSSR count). The van der Waals surface area contributed by atoms with Gasteiger partial charge in [-0.1, -0.05) is 12.2 Å². The number of benzene rings is 1. The van der Waals surface area contributed by atoms with Crippen molar-refractivity contribution in [3.8, 4) is 5.75 Å². The molecule has 1 aliphatic heterocycles. The lowest BCUT2D eigenvalue weighted by molar-refractivity contribution is -0.136. The molecule has 0 saturated heterocycles. The first-order chi connectivity index (χ1) is 12.9. The van der Waals surface area contributed by atoms with E-state index in [2.05, 4.69) is 5.10 Å². The molecule has 9 heteroatoms. The fourth-order valence-electron chi connectivity index (χ4n) is 2.89. The zero-order valence-corrected chi connectivity index (χ0v) is 14.7. The van der Waals surface area contributed by atoms with Gasteiger partial charge in [0.05, 0.1) is 44.7 Å². The summed E-state index contributed by atoms with van der Waals surface area (Å²) < 4.78 is 52.4. The fraction of sp³-hybridized carbons (Fsp3) is 0.389. The van der Waals surface area contributed by atoms with E-state index in [-0.39, 0.29) is 13.2 Å². The van der Waals surface area contributed by atoms with Crippen molar-refractivity contribution in [1.29, 1.82) is 0 Å². The number of rotatable bonds is 7. The summed E-state index contributed by atoms with van der Waals surface area (Å²) in [5.41, 5.74) is 0.918. The van der Waals surface area contributed by atoms with Crippen LogP contribution in [0.3, 0.4) is 0 Å². The van der Waals surface area contributed by atoms with Crippen LogP contribution in [0.25, 0.3) is 10.9 Å². The van der Waals surface area contributed by atoms with Gasteiger partial charge in [-0.25, -0.2) is 0 Å². The quantitative estimate of drug-likeness (QED) is 0.745. The van der Waals surface area contributed by atoms with E-state index < -0.39 is 12.2 Å². The van der Waals surface area contributed by atoms with E-state index in [0.29, 0.717) is 35.5 Å². The molecule has 0 fully saturated rings. The Kier molecular flexibility index (Phi) is 5.71. The summed E-state index contributed by atoms with van der Waals surface area (Å²) in [4.78, 5) is 1.14. The van der Waals surface area contributed by atoms with E-state index in [1.165, 1.54) is 19.4 Å². The van der Waals surface area contributed by atoms with Crippen molar-refractivity contribution in [2.75, 3.05) is 31.8 Å². The van der Waals surface area contributed by atoms with Crippen LogP contribution in [-0.2, 0) is 11.3 Å². The number of methoxy groups -OCH3 is 1. The Labute approximate surface area is 154 Å². The standard InChI is InChI=1S/C18H20F3N3O3/c1-26-16-11-14-13(12-23(22-14)6-8-27-9-7-25)10-15(16)24-5-3-2-4-17(24)18(19,20)21/h2-5,10-12,17,25H,6-9H2,1H3. The third-order valence-electron chi connectivity index (χ3n) is 4.12. The molecule has 0 saturated carbocycles. The first-order valence-corrected chi connectivity index (χ1v) is 8.38. The van der Waals surface area contributed by atoms with Crippen LogP contribution in [0, 0.1) is 0 Å². The van der Waals surface area contributed by atoms with Crippen LogP contribution >= 0.6 is 0 Å². The molecule has 0 bridgehead atoms. The maximum Gasteiger partial charge on any atom is 0.412 e. The lowest BCUT2D eigenvalue weighted by atomic mass is 10.1. The zero-order valence-electron chi connectivity index (χ0n) is 14.7. The maximum absolute atomic E-state index is 13.4. The van der Waals surface area contributed by atoms with E-state index in [1.807, 2.05) is 0 Å². The van der Waals surface area contributed by atoms with Gasteiger partial charge in [0.2, 0.25) is 0 Å². The molecular weight excluding hydrogens is 363 g/mol. The summed E-state index contributed by atoms with van der Waals surface area (Å²) in [5.74, 6) is 0.304. The average molecular weight is 383 g/mol. The number of nitrogens with zero attached hydrogens (tertiary/aromatic N) is 3. The second kappa shape index (κ2) is 8.01. The Balaban J connectivity index is 1.92. The normalized spacial score (nSPS) is 17.1. The van der Waals surface area contributed by atoms with Gasteiger partial charge in [0.1, 0.15) is 11.8 Å². The van der Waals surface area contributed by atoms with Gasteiger partial charge >= 0.3 is 6.18 Å². The molecule has 2 aromatic rings. The number of alkyl halides is 3. The van der Waals surface area contributed by atoms with Crippen molar-refractivity contribution in [3.63, 3.8) is 0 Å². The highest BCUT2D eigenvalue weighted by molar-refractivity contribution is 5.86. The second-order valence-corrected chi connectivity index (χ2v) is 5.93. The topological polar surface area (TPSA) is 59.8 Å². The smallest absolute Gasteiger partial charge is 0.412 e. The van der Waals surface area contributed by atoms with Gasteiger partial charge in [0.15, 0.2) is 0 Å². The highest BCUT2D eigenvalue weighted by Gasteiger charge is 2.43. The summed E-state index contributed by atoms with van der Waals surface area (Å²) in [6.45, 7) is 1.02. The number of aliphatic hydroxyl groups is 1. The maximum atomic E-state index is 13.4. The molecule has 1 N–H and O–H groups in total. The average Bonchev–Trinajstić information content (AvgIpc) is 3.05. The summed E-state index contributed by atoms with van der Waals surface area (Å²) in [5, 5.41) is 13.8. The predicted octanol–water partition coefficient (Wildman–Crippen LogP) is 2.87. The zero-order chi connectivity index (χ0) is 19.4. The third kappa shape index (κ3) is 4.25. The number of allylic oxidation sites excluding steroid dienone is 2. The van der Waals surface area contributed by atoms with Crippen LogP contribution in [0.15, 0.2) is 42.8 Å². The van der Waals surface area contributed by atoms with Crippen LogP contribution < -0.4 is 9.64 Å². The lowest BCUT2D eigenvalue weighted by Crippen LogP contribution is -2.42. The molecule has 6 nitrogen and oxygen atoms in total. The molecule has 1 aromatic heterocycles. The first-order valence-electron chi connectivity index (χ1n) is 8.38. The number of aromatic nitrogens is 2. The molecule has 146 valence electrons. The Hall–Kier alpha value is -2.52. The Bertz CT molecular complexity index is 845. The van der Waals surface area contributed by atoms with E-state index in [4.69, 9.17) is 14.6 Å². The molecule has 1 unspecified atom stereocenters. The number of hydrogen-bond acceptors (Lipinski definition) is 5. The molecule has 0 spiro atoms. The number of ether oxygens (including phenoxy) is 2. The number of halogens is 3. The van der Waals surface area contributed by atoms with Gasteiger partial charge in [0.25, 0.3) is 0 Å². The summed E-state index contributed by atoms with van der Waals surface area (Å²) in [6, 6.07) is 1.49. The minimum atomic E-state index is -4.42. The van der Waals surface area contributed by atoms with Crippen molar-refractivity contribution in [2.24, 2.45) is 0 Å². The number of aliphatic hydroxyl groups excluding tert-OH is 1. The van der Waals surface area contributed by atoms with Crippen LogP contribution in [0.1, 0.15) is 0 Å². The van der Waals surface area contributed by atoms with E-state index >= 15 is 0 Å². The summed E-state index contributed by atoms with van der Waals surface area (Å²) >= 11 is 0. The first kappa shape index (κ1) is 19.2. The van der Waals surface area contributed by atoms with Gasteiger partial charge in [-0.15, -0.1) is 0 Å². The second-order valence-electron chi connectivity index (χ2n) is 5.93. The Morgan fingerprint density at radius 2 is 2.04 bits per heavy atom. The largest absolute Gasteiger partial charge is 0.494 e. The number of fused-ring (bicyclic) bond motifs is 1. The predicted molar refractivity (Wildman–Crippen MR) is 94.8 cm³/mol. The van der Waals surface area contributed by atoms with Gasteiger partial charge in [-0.3, -0.25) is 4.68 Å². The molecule has 0 aliphatic carbocycles. The monoisotopic (exact) mass is 383 g/mol. The van der Waals surface area contributed by atoms with Crippen LogP contribution in [-0.4, -0.2) is 54.0 Å². The van der Waals surface area contributed by atoms with E-state index in [0.717, 1.165) is 11.0 Å². The minimum absolute atomic E-state index is 0.0557. The summed E-state index contributed by atoms with van der Waals surface area (Å²) in [7, 11) is 1.41. The molecule has 1 aliphatic rings. The van der Waals surface area contributed by atoms with E-state index in [1.54, 1.807) is 29.1 Å². The van der Waals surface area contributed by atoms with Gasteiger partial charge in [0, 0.05) is 23.8 Å². The lowest BCUT2D eigenvalue weighted by Gasteiger charge is -2.32. The van der Waals surface area contributed by atoms with Crippen molar-refractivity contribution >= 4 is 16.6 Å². The molecule has 1 atom stereocenters. The number of hydrogen-bond donors (Lipinski definition) is 1. The highest BCUT2D eigenvalue weighted by atomic mass is 19.4. The van der Waals surface area contributed by atoms with Crippen molar-refractivity contribution in [3.05, 3.63) is 42.8 Å². The Morgan fingerprint density at radius 1 is 1.22 bits per heavy atom. The van der Waals surface area contributed by atoms with Gasteiger partial charge in [-0.2, -0.15) is 18.3 Å². The molecule has 0 amide bonds. The molecule has 0 radical (unpaired) electrons. The third-order valence-corrected chi connectivity index (χ3v) is 4.12. The summed E-state index contributed by atoms with van der Waals surface area (Å²) in [6.07, 6.45) is 2.74.